The van der Waals surface area contributed by atoms with Crippen molar-refractivity contribution in [3.8, 4) is 5.75 Å². The summed E-state index contributed by atoms with van der Waals surface area (Å²) >= 11 is 0. The highest BCUT2D eigenvalue weighted by molar-refractivity contribution is 14.0. The van der Waals surface area contributed by atoms with Crippen molar-refractivity contribution in [2.45, 2.75) is 13.1 Å². The second-order valence-corrected chi connectivity index (χ2v) is 6.06. The Balaban J connectivity index is 0.00000338. The zero-order valence-electron chi connectivity index (χ0n) is 15.7. The minimum atomic E-state index is 0. The molecule has 0 fully saturated rings. The highest BCUT2D eigenvalue weighted by atomic mass is 127. The minimum absolute atomic E-state index is 0. The maximum absolute atomic E-state index is 5.78. The molecule has 0 amide bonds. The normalized spacial score (nSPS) is 11.0. The van der Waals surface area contributed by atoms with Crippen LogP contribution in [0.1, 0.15) is 11.1 Å². The van der Waals surface area contributed by atoms with E-state index >= 15 is 0 Å². The molecule has 2 rings (SSSR count). The van der Waals surface area contributed by atoms with Gasteiger partial charge < -0.3 is 20.3 Å². The molecule has 0 aromatic heterocycles. The van der Waals surface area contributed by atoms with E-state index < -0.39 is 0 Å². The summed E-state index contributed by atoms with van der Waals surface area (Å²) in [6, 6.07) is 18.4. The number of benzene rings is 2. The van der Waals surface area contributed by atoms with Crippen molar-refractivity contribution in [1.82, 2.24) is 15.5 Å². The Labute approximate surface area is 173 Å². The Hall–Kier alpha value is -1.80. The third-order valence-corrected chi connectivity index (χ3v) is 3.69. The highest BCUT2D eigenvalue weighted by Gasteiger charge is 2.01. The first-order valence-corrected chi connectivity index (χ1v) is 8.52. The molecule has 0 bridgehead atoms. The maximum atomic E-state index is 5.78. The van der Waals surface area contributed by atoms with Crippen LogP contribution >= 0.6 is 24.0 Å². The zero-order chi connectivity index (χ0) is 17.9. The van der Waals surface area contributed by atoms with E-state index in [0.29, 0.717) is 13.2 Å². The van der Waals surface area contributed by atoms with Gasteiger partial charge in [-0.25, -0.2) is 0 Å². The zero-order valence-corrected chi connectivity index (χ0v) is 18.1. The number of aliphatic imine (C=N–C) groups is 1. The standard InChI is InChI=1S/C20H28N4O.HI/c1-21-20(22-15-17-8-5-4-6-9-17)23-16-18-10-7-11-19(14-18)25-13-12-24(2)3;/h4-11,14H,12-13,15-16H2,1-3H3,(H2,21,22,23);1H. The number of hydrogen-bond donors (Lipinski definition) is 2. The number of nitrogens with zero attached hydrogens (tertiary/aromatic N) is 2. The highest BCUT2D eigenvalue weighted by Crippen LogP contribution is 2.13. The Morgan fingerprint density at radius 2 is 1.62 bits per heavy atom. The number of rotatable bonds is 8. The summed E-state index contributed by atoms with van der Waals surface area (Å²) in [4.78, 5) is 6.37. The average Bonchev–Trinajstić information content (AvgIpc) is 2.63. The Morgan fingerprint density at radius 1 is 0.962 bits per heavy atom. The fraction of sp³-hybridized carbons (Fsp3) is 0.350. The first kappa shape index (κ1) is 22.2. The van der Waals surface area contributed by atoms with E-state index in [1.807, 2.05) is 44.4 Å². The average molecular weight is 468 g/mol. The van der Waals surface area contributed by atoms with Gasteiger partial charge in [-0.3, -0.25) is 4.99 Å². The molecule has 0 saturated carbocycles. The van der Waals surface area contributed by atoms with Gasteiger partial charge in [0.15, 0.2) is 5.96 Å². The van der Waals surface area contributed by atoms with Crippen LogP contribution in [-0.4, -0.2) is 45.2 Å². The molecule has 6 heteroatoms. The predicted molar refractivity (Wildman–Crippen MR) is 119 cm³/mol. The number of halogens is 1. The van der Waals surface area contributed by atoms with Crippen molar-refractivity contribution in [3.05, 3.63) is 65.7 Å². The number of nitrogens with one attached hydrogen (secondary N) is 2. The van der Waals surface area contributed by atoms with Crippen molar-refractivity contribution in [2.24, 2.45) is 4.99 Å². The Bertz CT molecular complexity index is 662. The number of likely N-dealkylation sites (N-methyl/N-ethyl adjacent to an activating group) is 1. The number of ether oxygens (including phenoxy) is 1. The molecule has 0 radical (unpaired) electrons. The molecule has 0 spiro atoms. The van der Waals surface area contributed by atoms with Gasteiger partial charge in [0, 0.05) is 26.7 Å². The van der Waals surface area contributed by atoms with Gasteiger partial charge in [0.1, 0.15) is 12.4 Å². The van der Waals surface area contributed by atoms with E-state index in [-0.39, 0.29) is 24.0 Å². The molecule has 0 aliphatic rings. The summed E-state index contributed by atoms with van der Waals surface area (Å²) in [5.74, 6) is 1.68. The second-order valence-electron chi connectivity index (χ2n) is 6.06. The molecule has 0 unspecified atom stereocenters. The lowest BCUT2D eigenvalue weighted by Gasteiger charge is -2.14. The van der Waals surface area contributed by atoms with Gasteiger partial charge in [0.05, 0.1) is 0 Å². The van der Waals surface area contributed by atoms with Crippen LogP contribution in [0, 0.1) is 0 Å². The second kappa shape index (κ2) is 12.5. The summed E-state index contributed by atoms with van der Waals surface area (Å²) in [5.41, 5.74) is 2.38. The molecular formula is C20H29IN4O. The van der Waals surface area contributed by atoms with Crippen LogP contribution in [0.2, 0.25) is 0 Å². The van der Waals surface area contributed by atoms with E-state index in [0.717, 1.165) is 30.4 Å². The van der Waals surface area contributed by atoms with Gasteiger partial charge in [-0.15, -0.1) is 24.0 Å². The third kappa shape index (κ3) is 8.53. The van der Waals surface area contributed by atoms with Crippen molar-refractivity contribution in [2.75, 3.05) is 34.3 Å². The lowest BCUT2D eigenvalue weighted by molar-refractivity contribution is 0.261. The van der Waals surface area contributed by atoms with Crippen molar-refractivity contribution in [1.29, 1.82) is 0 Å². The van der Waals surface area contributed by atoms with Crippen molar-refractivity contribution < 1.29 is 4.74 Å². The predicted octanol–water partition coefficient (Wildman–Crippen LogP) is 3.11. The van der Waals surface area contributed by atoms with Gasteiger partial charge in [0.2, 0.25) is 0 Å². The van der Waals surface area contributed by atoms with E-state index in [4.69, 9.17) is 4.74 Å². The molecule has 0 aliphatic heterocycles. The Kier molecular flexibility index (Phi) is 10.7. The minimum Gasteiger partial charge on any atom is -0.492 e. The first-order chi connectivity index (χ1) is 12.2. The van der Waals surface area contributed by atoms with Gasteiger partial charge in [-0.05, 0) is 37.4 Å². The van der Waals surface area contributed by atoms with Crippen LogP contribution in [-0.2, 0) is 13.1 Å². The molecule has 5 nitrogen and oxygen atoms in total. The van der Waals surface area contributed by atoms with Crippen LogP contribution in [0.5, 0.6) is 5.75 Å². The summed E-state index contributed by atoms with van der Waals surface area (Å²) in [6.45, 7) is 3.02. The molecular weight excluding hydrogens is 439 g/mol. The molecule has 0 saturated heterocycles. The van der Waals surface area contributed by atoms with Crippen LogP contribution in [0.3, 0.4) is 0 Å². The summed E-state index contributed by atoms with van der Waals surface area (Å²) in [5, 5.41) is 6.65. The van der Waals surface area contributed by atoms with Gasteiger partial charge in [-0.1, -0.05) is 42.5 Å². The molecule has 26 heavy (non-hydrogen) atoms. The maximum Gasteiger partial charge on any atom is 0.191 e. The van der Waals surface area contributed by atoms with Crippen molar-refractivity contribution in [3.63, 3.8) is 0 Å². The SMILES string of the molecule is CN=C(NCc1ccccc1)NCc1cccc(OCCN(C)C)c1.I. The fourth-order valence-corrected chi connectivity index (χ4v) is 2.28. The van der Waals surface area contributed by atoms with Gasteiger partial charge in [0.25, 0.3) is 0 Å². The lowest BCUT2D eigenvalue weighted by Crippen LogP contribution is -2.36. The van der Waals surface area contributed by atoms with E-state index in [1.165, 1.54) is 5.56 Å². The fourth-order valence-electron chi connectivity index (χ4n) is 2.28. The molecule has 2 aromatic rings. The summed E-state index contributed by atoms with van der Waals surface area (Å²) < 4.78 is 5.78. The van der Waals surface area contributed by atoms with Crippen LogP contribution in [0.25, 0.3) is 0 Å². The number of guanidine groups is 1. The van der Waals surface area contributed by atoms with E-state index in [9.17, 15) is 0 Å². The van der Waals surface area contributed by atoms with E-state index in [1.54, 1.807) is 7.05 Å². The quantitative estimate of drug-likeness (QED) is 0.355. The summed E-state index contributed by atoms with van der Waals surface area (Å²) in [7, 11) is 5.86. The lowest BCUT2D eigenvalue weighted by atomic mass is 10.2. The molecule has 0 heterocycles. The van der Waals surface area contributed by atoms with Crippen LogP contribution in [0.4, 0.5) is 0 Å². The molecule has 142 valence electrons. The summed E-state index contributed by atoms with van der Waals surface area (Å²) in [6.07, 6.45) is 0. The molecule has 0 aliphatic carbocycles. The topological polar surface area (TPSA) is 48.9 Å². The Morgan fingerprint density at radius 3 is 2.27 bits per heavy atom. The largest absolute Gasteiger partial charge is 0.492 e. The number of hydrogen-bond acceptors (Lipinski definition) is 3. The molecule has 2 N–H and O–H groups in total. The monoisotopic (exact) mass is 468 g/mol. The van der Waals surface area contributed by atoms with Gasteiger partial charge >= 0.3 is 0 Å². The van der Waals surface area contributed by atoms with Crippen molar-refractivity contribution >= 4 is 29.9 Å². The smallest absolute Gasteiger partial charge is 0.191 e. The van der Waals surface area contributed by atoms with Crippen LogP contribution < -0.4 is 15.4 Å². The van der Waals surface area contributed by atoms with Crippen LogP contribution in [0.15, 0.2) is 59.6 Å². The van der Waals surface area contributed by atoms with Gasteiger partial charge in [-0.2, -0.15) is 0 Å². The third-order valence-electron chi connectivity index (χ3n) is 3.69. The molecule has 0 atom stereocenters. The molecule has 2 aromatic carbocycles. The first-order valence-electron chi connectivity index (χ1n) is 8.52. The van der Waals surface area contributed by atoms with E-state index in [2.05, 4.69) is 44.8 Å².